The number of amides is 2. The minimum Gasteiger partial charge on any atom is -0.497 e. The number of carbonyl (C=O) groups excluding carboxylic acids is 2. The maximum Gasteiger partial charge on any atom is 0.262 e. The number of methoxy groups -OCH3 is 1. The fourth-order valence-electron chi connectivity index (χ4n) is 2.22. The van der Waals surface area contributed by atoms with E-state index in [0.29, 0.717) is 22.7 Å². The molecule has 0 saturated carbocycles. The highest BCUT2D eigenvalue weighted by Crippen LogP contribution is 2.19. The summed E-state index contributed by atoms with van der Waals surface area (Å²) in [6.07, 6.45) is 0.828. The molecule has 2 N–H and O–H groups in total. The Morgan fingerprint density at radius 3 is 2.54 bits per heavy atom. The normalized spacial score (nSPS) is 11.3. The van der Waals surface area contributed by atoms with E-state index in [4.69, 9.17) is 9.47 Å². The van der Waals surface area contributed by atoms with Crippen LogP contribution in [0.15, 0.2) is 48.5 Å². The molecule has 0 aliphatic heterocycles. The van der Waals surface area contributed by atoms with Gasteiger partial charge in [0.25, 0.3) is 11.8 Å². The standard InChI is InChI=1S/C20H24N2O4/c1-4-14(2)21-20(24)17-10-5-6-11-18(17)22-19(23)13-26-16-9-7-8-15(12-16)25-3/h5-12,14H,4,13H2,1-3H3,(H,21,24)(H,22,23)/t14-/m1/s1. The van der Waals surface area contributed by atoms with Gasteiger partial charge >= 0.3 is 0 Å². The molecule has 26 heavy (non-hydrogen) atoms. The SMILES string of the molecule is CC[C@@H](C)NC(=O)c1ccccc1NC(=O)COc1cccc(OC)c1. The number of hydrogen-bond acceptors (Lipinski definition) is 4. The van der Waals surface area contributed by atoms with Gasteiger partial charge in [-0.05, 0) is 37.6 Å². The molecule has 2 aromatic rings. The zero-order valence-electron chi connectivity index (χ0n) is 15.2. The number of anilines is 1. The summed E-state index contributed by atoms with van der Waals surface area (Å²) in [5.74, 6) is 0.609. The maximum absolute atomic E-state index is 12.4. The molecule has 0 aromatic heterocycles. The highest BCUT2D eigenvalue weighted by Gasteiger charge is 2.14. The Morgan fingerprint density at radius 2 is 1.81 bits per heavy atom. The van der Waals surface area contributed by atoms with Gasteiger partial charge in [0.05, 0.1) is 18.4 Å². The molecular weight excluding hydrogens is 332 g/mol. The Hall–Kier alpha value is -3.02. The summed E-state index contributed by atoms with van der Waals surface area (Å²) in [7, 11) is 1.56. The van der Waals surface area contributed by atoms with Crippen LogP contribution in [0.3, 0.4) is 0 Å². The van der Waals surface area contributed by atoms with Gasteiger partial charge in [0.15, 0.2) is 6.61 Å². The monoisotopic (exact) mass is 356 g/mol. The first-order chi connectivity index (χ1) is 12.5. The van der Waals surface area contributed by atoms with Crippen LogP contribution >= 0.6 is 0 Å². The van der Waals surface area contributed by atoms with Crippen LogP contribution in [-0.4, -0.2) is 31.6 Å². The Kier molecular flexibility index (Phi) is 7.02. The smallest absolute Gasteiger partial charge is 0.262 e. The van der Waals surface area contributed by atoms with Crippen molar-refractivity contribution in [3.8, 4) is 11.5 Å². The van der Waals surface area contributed by atoms with E-state index in [2.05, 4.69) is 10.6 Å². The van der Waals surface area contributed by atoms with Gasteiger partial charge in [0.1, 0.15) is 11.5 Å². The van der Waals surface area contributed by atoms with Gasteiger partial charge in [0.2, 0.25) is 0 Å². The molecule has 1 atom stereocenters. The molecule has 2 amide bonds. The minimum absolute atomic E-state index is 0.0580. The molecule has 0 spiro atoms. The van der Waals surface area contributed by atoms with Crippen molar-refractivity contribution in [3.05, 3.63) is 54.1 Å². The first-order valence-corrected chi connectivity index (χ1v) is 8.50. The fraction of sp³-hybridized carbons (Fsp3) is 0.300. The molecule has 0 aliphatic carbocycles. The first-order valence-electron chi connectivity index (χ1n) is 8.50. The zero-order valence-corrected chi connectivity index (χ0v) is 15.2. The number of rotatable bonds is 8. The lowest BCUT2D eigenvalue weighted by Crippen LogP contribution is -2.33. The summed E-state index contributed by atoms with van der Waals surface area (Å²) in [5.41, 5.74) is 0.870. The summed E-state index contributed by atoms with van der Waals surface area (Å²) >= 11 is 0. The van der Waals surface area contributed by atoms with E-state index in [0.717, 1.165) is 6.42 Å². The molecule has 6 nitrogen and oxygen atoms in total. The van der Waals surface area contributed by atoms with Crippen molar-refractivity contribution in [1.29, 1.82) is 0 Å². The topological polar surface area (TPSA) is 76.7 Å². The third-order valence-electron chi connectivity index (χ3n) is 3.85. The summed E-state index contributed by atoms with van der Waals surface area (Å²) in [6, 6.07) is 13.9. The molecule has 6 heteroatoms. The van der Waals surface area contributed by atoms with Crippen molar-refractivity contribution in [2.75, 3.05) is 19.0 Å². The van der Waals surface area contributed by atoms with Gasteiger partial charge in [-0.3, -0.25) is 9.59 Å². The van der Waals surface area contributed by atoms with Crippen LogP contribution in [0.4, 0.5) is 5.69 Å². The Morgan fingerprint density at radius 1 is 1.08 bits per heavy atom. The Labute approximate surface area is 153 Å². The van der Waals surface area contributed by atoms with Gasteiger partial charge in [-0.1, -0.05) is 25.1 Å². The van der Waals surface area contributed by atoms with E-state index < -0.39 is 0 Å². The summed E-state index contributed by atoms with van der Waals surface area (Å²) < 4.78 is 10.6. The second kappa shape index (κ2) is 9.46. The van der Waals surface area contributed by atoms with E-state index in [1.807, 2.05) is 13.8 Å². The summed E-state index contributed by atoms with van der Waals surface area (Å²) in [4.78, 5) is 24.6. The summed E-state index contributed by atoms with van der Waals surface area (Å²) in [6.45, 7) is 3.75. The van der Waals surface area contributed by atoms with Crippen molar-refractivity contribution < 1.29 is 19.1 Å². The van der Waals surface area contributed by atoms with E-state index in [1.165, 1.54) is 0 Å². The van der Waals surface area contributed by atoms with Crippen molar-refractivity contribution in [3.63, 3.8) is 0 Å². The molecule has 0 heterocycles. The quantitative estimate of drug-likeness (QED) is 0.761. The largest absolute Gasteiger partial charge is 0.497 e. The second-order valence-electron chi connectivity index (χ2n) is 5.84. The third kappa shape index (κ3) is 5.51. The van der Waals surface area contributed by atoms with Crippen LogP contribution in [-0.2, 0) is 4.79 Å². The van der Waals surface area contributed by atoms with Gasteiger partial charge in [-0.15, -0.1) is 0 Å². The van der Waals surface area contributed by atoms with Crippen molar-refractivity contribution >= 4 is 17.5 Å². The van der Waals surface area contributed by atoms with Crippen LogP contribution in [0.25, 0.3) is 0 Å². The lowest BCUT2D eigenvalue weighted by molar-refractivity contribution is -0.118. The third-order valence-corrected chi connectivity index (χ3v) is 3.85. The number of para-hydroxylation sites is 1. The number of hydrogen-bond donors (Lipinski definition) is 2. The molecule has 0 radical (unpaired) electrons. The van der Waals surface area contributed by atoms with Gasteiger partial charge in [0, 0.05) is 12.1 Å². The van der Waals surface area contributed by atoms with Gasteiger partial charge in [-0.25, -0.2) is 0 Å². The van der Waals surface area contributed by atoms with Crippen LogP contribution in [0.1, 0.15) is 30.6 Å². The zero-order chi connectivity index (χ0) is 18.9. The van der Waals surface area contributed by atoms with Crippen LogP contribution < -0.4 is 20.1 Å². The molecule has 138 valence electrons. The average molecular weight is 356 g/mol. The molecule has 0 saturated heterocycles. The van der Waals surface area contributed by atoms with Crippen molar-refractivity contribution in [2.45, 2.75) is 26.3 Å². The molecule has 0 fully saturated rings. The molecule has 0 unspecified atom stereocenters. The Balaban J connectivity index is 1.99. The lowest BCUT2D eigenvalue weighted by Gasteiger charge is -2.15. The van der Waals surface area contributed by atoms with Gasteiger partial charge in [-0.2, -0.15) is 0 Å². The highest BCUT2D eigenvalue weighted by atomic mass is 16.5. The average Bonchev–Trinajstić information content (AvgIpc) is 2.66. The number of ether oxygens (including phenoxy) is 2. The molecule has 0 aliphatic rings. The number of benzene rings is 2. The molecular formula is C20H24N2O4. The van der Waals surface area contributed by atoms with Crippen LogP contribution in [0.2, 0.25) is 0 Å². The Bertz CT molecular complexity index is 761. The van der Waals surface area contributed by atoms with E-state index in [9.17, 15) is 9.59 Å². The van der Waals surface area contributed by atoms with Crippen molar-refractivity contribution in [1.82, 2.24) is 5.32 Å². The maximum atomic E-state index is 12.4. The predicted octanol–water partition coefficient (Wildman–Crippen LogP) is 3.24. The predicted molar refractivity (Wildman–Crippen MR) is 101 cm³/mol. The van der Waals surface area contributed by atoms with Crippen LogP contribution in [0.5, 0.6) is 11.5 Å². The highest BCUT2D eigenvalue weighted by molar-refractivity contribution is 6.04. The number of carbonyl (C=O) groups is 2. The number of nitrogens with one attached hydrogen (secondary N) is 2. The van der Waals surface area contributed by atoms with Crippen molar-refractivity contribution in [2.24, 2.45) is 0 Å². The molecule has 2 rings (SSSR count). The second-order valence-corrected chi connectivity index (χ2v) is 5.84. The first kappa shape index (κ1) is 19.3. The molecule has 2 aromatic carbocycles. The van der Waals surface area contributed by atoms with E-state index >= 15 is 0 Å². The van der Waals surface area contributed by atoms with Gasteiger partial charge < -0.3 is 20.1 Å². The summed E-state index contributed by atoms with van der Waals surface area (Å²) in [5, 5.41) is 5.62. The van der Waals surface area contributed by atoms with Crippen LogP contribution in [0, 0.1) is 0 Å². The minimum atomic E-state index is -0.350. The fourth-order valence-corrected chi connectivity index (χ4v) is 2.22. The lowest BCUT2D eigenvalue weighted by atomic mass is 10.1. The van der Waals surface area contributed by atoms with E-state index in [1.54, 1.807) is 55.6 Å². The molecule has 0 bridgehead atoms. The van der Waals surface area contributed by atoms with E-state index in [-0.39, 0.29) is 24.5 Å².